The van der Waals surface area contributed by atoms with Crippen LogP contribution in [0.15, 0.2) is 11.2 Å². The first-order chi connectivity index (χ1) is 10.3. The number of hydrogen-bond acceptors (Lipinski definition) is 4. The molecule has 0 spiro atoms. The Kier molecular flexibility index (Phi) is 9.82. The molecule has 1 aromatic heterocycles. The molecule has 120 valence electrons. The van der Waals surface area contributed by atoms with Gasteiger partial charge in [0.1, 0.15) is 0 Å². The van der Waals surface area contributed by atoms with Crippen LogP contribution >= 0.6 is 11.3 Å². The number of hydrogen-bond donors (Lipinski definition) is 2. The summed E-state index contributed by atoms with van der Waals surface area (Å²) in [5, 5.41) is 7.72. The molecular weight excluding hydrogens is 284 g/mol. The number of nitrogens with one attached hydrogen (secondary N) is 2. The monoisotopic (exact) mass is 312 g/mol. The molecule has 1 aromatic rings. The minimum Gasteiger partial charge on any atom is -0.380 e. The highest BCUT2D eigenvalue weighted by Crippen LogP contribution is 2.13. The Labute approximate surface area is 132 Å². The molecule has 0 radical (unpaired) electrons. The quantitative estimate of drug-likeness (QED) is 0.395. The van der Waals surface area contributed by atoms with Crippen molar-refractivity contribution in [2.24, 2.45) is 4.99 Å². The normalized spacial score (nSPS) is 11.7. The Morgan fingerprint density at radius 1 is 1.29 bits per heavy atom. The highest BCUT2D eigenvalue weighted by Gasteiger charge is 2.01. The van der Waals surface area contributed by atoms with Crippen LogP contribution < -0.4 is 10.6 Å². The zero-order valence-electron chi connectivity index (χ0n) is 13.4. The third kappa shape index (κ3) is 8.02. The summed E-state index contributed by atoms with van der Waals surface area (Å²) >= 11 is 1.79. The van der Waals surface area contributed by atoms with E-state index in [1.165, 1.54) is 16.3 Å². The third-order valence-corrected chi connectivity index (χ3v) is 4.19. The van der Waals surface area contributed by atoms with E-state index in [2.05, 4.69) is 34.5 Å². The van der Waals surface area contributed by atoms with Crippen LogP contribution in [-0.2, 0) is 17.6 Å². The lowest BCUT2D eigenvalue weighted by Crippen LogP contribution is -2.39. The van der Waals surface area contributed by atoms with Crippen molar-refractivity contribution in [1.29, 1.82) is 0 Å². The lowest BCUT2D eigenvalue weighted by atomic mass is 10.4. The second kappa shape index (κ2) is 11.5. The fourth-order valence-electron chi connectivity index (χ4n) is 1.73. The molecule has 0 fully saturated rings. The molecule has 0 aliphatic heterocycles. The van der Waals surface area contributed by atoms with Crippen molar-refractivity contribution < 1.29 is 4.74 Å². The van der Waals surface area contributed by atoms with E-state index in [4.69, 9.17) is 4.74 Å². The number of aromatic nitrogens is 1. The predicted octanol–water partition coefficient (Wildman–Crippen LogP) is 2.23. The number of rotatable bonds is 10. The summed E-state index contributed by atoms with van der Waals surface area (Å²) in [5.74, 6) is 0.821. The van der Waals surface area contributed by atoms with Gasteiger partial charge in [-0.3, -0.25) is 4.99 Å². The van der Waals surface area contributed by atoms with Crippen LogP contribution in [0.2, 0.25) is 0 Å². The zero-order chi connectivity index (χ0) is 15.3. The summed E-state index contributed by atoms with van der Waals surface area (Å²) in [5.41, 5.74) is 0. The van der Waals surface area contributed by atoms with E-state index >= 15 is 0 Å². The van der Waals surface area contributed by atoms with Crippen LogP contribution in [0, 0.1) is 0 Å². The molecule has 6 heteroatoms. The highest BCUT2D eigenvalue weighted by molar-refractivity contribution is 7.11. The summed E-state index contributed by atoms with van der Waals surface area (Å²) in [6.07, 6.45) is 6.26. The minimum absolute atomic E-state index is 0.715. The molecule has 0 aromatic carbocycles. The standard InChI is InChI=1S/C15H28N4OS/c1-4-6-10-20-11-9-18-15(16-3)17-8-7-14-19-12-13(5-2)21-14/h12H,4-11H2,1-3H3,(H2,16,17,18). The minimum atomic E-state index is 0.715. The summed E-state index contributed by atoms with van der Waals surface area (Å²) < 4.78 is 5.50. The molecule has 0 bridgehead atoms. The van der Waals surface area contributed by atoms with Crippen molar-refractivity contribution in [3.8, 4) is 0 Å². The average Bonchev–Trinajstić information content (AvgIpc) is 2.97. The van der Waals surface area contributed by atoms with E-state index in [9.17, 15) is 0 Å². The van der Waals surface area contributed by atoms with Gasteiger partial charge in [-0.25, -0.2) is 4.98 Å². The molecule has 0 saturated heterocycles. The van der Waals surface area contributed by atoms with Crippen molar-refractivity contribution in [2.45, 2.75) is 39.5 Å². The number of unbranched alkanes of at least 4 members (excludes halogenated alkanes) is 1. The van der Waals surface area contributed by atoms with Crippen LogP contribution in [0.1, 0.15) is 36.6 Å². The second-order valence-electron chi connectivity index (χ2n) is 4.72. The van der Waals surface area contributed by atoms with Gasteiger partial charge in [-0.15, -0.1) is 11.3 Å². The summed E-state index contributed by atoms with van der Waals surface area (Å²) in [6, 6.07) is 0. The summed E-state index contributed by atoms with van der Waals surface area (Å²) in [4.78, 5) is 9.95. The maximum absolute atomic E-state index is 5.50. The Morgan fingerprint density at radius 3 is 2.76 bits per heavy atom. The van der Waals surface area contributed by atoms with E-state index in [0.717, 1.165) is 44.9 Å². The van der Waals surface area contributed by atoms with Gasteiger partial charge in [0.05, 0.1) is 11.6 Å². The number of guanidine groups is 1. The van der Waals surface area contributed by atoms with Gasteiger partial charge in [-0.05, 0) is 12.8 Å². The molecule has 0 unspecified atom stereocenters. The largest absolute Gasteiger partial charge is 0.380 e. The van der Waals surface area contributed by atoms with Crippen LogP contribution in [0.25, 0.3) is 0 Å². The van der Waals surface area contributed by atoms with Gasteiger partial charge in [0.25, 0.3) is 0 Å². The first kappa shape index (κ1) is 17.9. The molecule has 5 nitrogen and oxygen atoms in total. The van der Waals surface area contributed by atoms with Crippen LogP contribution in [-0.4, -0.2) is 44.3 Å². The van der Waals surface area contributed by atoms with E-state index < -0.39 is 0 Å². The average molecular weight is 312 g/mol. The van der Waals surface area contributed by atoms with Gasteiger partial charge >= 0.3 is 0 Å². The van der Waals surface area contributed by atoms with Crippen molar-refractivity contribution in [1.82, 2.24) is 15.6 Å². The fraction of sp³-hybridized carbons (Fsp3) is 0.733. The van der Waals surface area contributed by atoms with Crippen LogP contribution in [0.4, 0.5) is 0 Å². The number of aliphatic imine (C=N–C) groups is 1. The van der Waals surface area contributed by atoms with E-state index in [-0.39, 0.29) is 0 Å². The number of nitrogens with zero attached hydrogens (tertiary/aromatic N) is 2. The molecule has 0 atom stereocenters. The van der Waals surface area contributed by atoms with Gasteiger partial charge in [0.2, 0.25) is 0 Å². The molecule has 0 aliphatic rings. The van der Waals surface area contributed by atoms with Crippen LogP contribution in [0.3, 0.4) is 0 Å². The molecular formula is C15H28N4OS. The van der Waals surface area contributed by atoms with Gasteiger partial charge in [0, 0.05) is 44.2 Å². The van der Waals surface area contributed by atoms with Crippen molar-refractivity contribution in [3.05, 3.63) is 16.1 Å². The molecule has 0 saturated carbocycles. The number of ether oxygens (including phenoxy) is 1. The Hall–Kier alpha value is -1.14. The molecule has 0 amide bonds. The first-order valence-electron chi connectivity index (χ1n) is 7.76. The summed E-state index contributed by atoms with van der Waals surface area (Å²) in [6.45, 7) is 7.50. The first-order valence-corrected chi connectivity index (χ1v) is 8.57. The fourth-order valence-corrected chi connectivity index (χ4v) is 2.59. The summed E-state index contributed by atoms with van der Waals surface area (Å²) in [7, 11) is 1.78. The van der Waals surface area contributed by atoms with Crippen LogP contribution in [0.5, 0.6) is 0 Å². The molecule has 1 heterocycles. The Balaban J connectivity index is 2.11. The van der Waals surface area contributed by atoms with Crippen molar-refractivity contribution in [3.63, 3.8) is 0 Å². The van der Waals surface area contributed by atoms with E-state index in [1.54, 1.807) is 18.4 Å². The number of thiazole rings is 1. The Bertz CT molecular complexity index is 406. The molecule has 1 rings (SSSR count). The Morgan fingerprint density at radius 2 is 2.10 bits per heavy atom. The molecule has 0 aliphatic carbocycles. The number of aryl methyl sites for hydroxylation is 1. The second-order valence-corrected chi connectivity index (χ2v) is 5.92. The van der Waals surface area contributed by atoms with E-state index in [1.807, 2.05) is 6.20 Å². The molecule has 2 N–H and O–H groups in total. The van der Waals surface area contributed by atoms with Gasteiger partial charge in [-0.2, -0.15) is 0 Å². The highest BCUT2D eigenvalue weighted by atomic mass is 32.1. The maximum atomic E-state index is 5.50. The maximum Gasteiger partial charge on any atom is 0.191 e. The van der Waals surface area contributed by atoms with E-state index in [0.29, 0.717) is 6.61 Å². The van der Waals surface area contributed by atoms with Gasteiger partial charge < -0.3 is 15.4 Å². The smallest absolute Gasteiger partial charge is 0.191 e. The molecule has 21 heavy (non-hydrogen) atoms. The third-order valence-electron chi connectivity index (χ3n) is 2.99. The van der Waals surface area contributed by atoms with Gasteiger partial charge in [0.15, 0.2) is 5.96 Å². The lowest BCUT2D eigenvalue weighted by molar-refractivity contribution is 0.136. The SMILES string of the molecule is CCCCOCCNC(=NC)NCCc1ncc(CC)s1. The lowest BCUT2D eigenvalue weighted by Gasteiger charge is -2.11. The zero-order valence-corrected chi connectivity index (χ0v) is 14.3. The topological polar surface area (TPSA) is 58.5 Å². The van der Waals surface area contributed by atoms with Crippen molar-refractivity contribution in [2.75, 3.05) is 33.4 Å². The van der Waals surface area contributed by atoms with Crippen molar-refractivity contribution >= 4 is 17.3 Å². The van der Waals surface area contributed by atoms with Gasteiger partial charge in [-0.1, -0.05) is 20.3 Å². The predicted molar refractivity (Wildman–Crippen MR) is 90.3 cm³/mol.